The van der Waals surface area contributed by atoms with Crippen LogP contribution in [-0.4, -0.2) is 45.5 Å². The van der Waals surface area contributed by atoms with Crippen LogP contribution in [0.15, 0.2) is 46.3 Å². The van der Waals surface area contributed by atoms with E-state index in [0.717, 1.165) is 12.8 Å². The van der Waals surface area contributed by atoms with Gasteiger partial charge in [0.15, 0.2) is 5.03 Å². The lowest BCUT2D eigenvalue weighted by atomic mass is 9.96. The predicted molar refractivity (Wildman–Crippen MR) is 107 cm³/mol. The molecule has 3 aromatic rings. The number of aromatic nitrogens is 4. The van der Waals surface area contributed by atoms with Gasteiger partial charge in [0.05, 0.1) is 11.9 Å². The van der Waals surface area contributed by atoms with Crippen molar-refractivity contribution in [2.45, 2.75) is 44.2 Å². The van der Waals surface area contributed by atoms with Gasteiger partial charge in [-0.1, -0.05) is 17.3 Å². The number of sulfonamides is 1. The van der Waals surface area contributed by atoms with Crippen LogP contribution in [0.25, 0.3) is 11.4 Å². The van der Waals surface area contributed by atoms with Crippen molar-refractivity contribution in [1.82, 2.24) is 24.0 Å². The molecule has 1 fully saturated rings. The third-order valence-electron chi connectivity index (χ3n) is 5.31. The summed E-state index contributed by atoms with van der Waals surface area (Å²) in [5.41, 5.74) is 0.279. The maximum atomic E-state index is 13.9. The Bertz CT molecular complexity index is 1120. The van der Waals surface area contributed by atoms with Gasteiger partial charge >= 0.3 is 0 Å². The molecule has 1 atom stereocenters. The van der Waals surface area contributed by atoms with Gasteiger partial charge in [0.25, 0.3) is 10.0 Å². The van der Waals surface area contributed by atoms with Crippen LogP contribution in [0.2, 0.25) is 0 Å². The third-order valence-corrected chi connectivity index (χ3v) is 7.06. The maximum absolute atomic E-state index is 13.9. The summed E-state index contributed by atoms with van der Waals surface area (Å²) in [7, 11) is -3.66. The van der Waals surface area contributed by atoms with Gasteiger partial charge in [0.1, 0.15) is 5.82 Å². The summed E-state index contributed by atoms with van der Waals surface area (Å²) < 4.78 is 48.5. The summed E-state index contributed by atoms with van der Waals surface area (Å²) in [6, 6.07) is 6.38. The van der Waals surface area contributed by atoms with Crippen molar-refractivity contribution in [1.29, 1.82) is 0 Å². The molecule has 0 saturated carbocycles. The van der Waals surface area contributed by atoms with Crippen LogP contribution in [0.1, 0.15) is 38.6 Å². The standard InChI is InChI=1S/C20H24FN5O3S/c1-14(2)25-12-19(22-13-25)30(27,28)26-9-5-6-15(11-26)10-18-23-20(24-29-18)16-7-3-4-8-17(16)21/h3-4,7-8,12-15H,5-6,9-11H2,1-2H3. The average molecular weight is 434 g/mol. The molecule has 0 radical (unpaired) electrons. The molecule has 0 N–H and O–H groups in total. The highest BCUT2D eigenvalue weighted by molar-refractivity contribution is 7.89. The van der Waals surface area contributed by atoms with E-state index in [1.165, 1.54) is 10.4 Å². The molecule has 0 spiro atoms. The Balaban J connectivity index is 1.46. The molecule has 2 aromatic heterocycles. The molecule has 0 bridgehead atoms. The molecule has 30 heavy (non-hydrogen) atoms. The molecule has 3 heterocycles. The maximum Gasteiger partial charge on any atom is 0.262 e. The summed E-state index contributed by atoms with van der Waals surface area (Å²) >= 11 is 0. The number of imidazole rings is 1. The first-order valence-electron chi connectivity index (χ1n) is 9.95. The monoisotopic (exact) mass is 433 g/mol. The fourth-order valence-electron chi connectivity index (χ4n) is 3.61. The number of nitrogens with zero attached hydrogens (tertiary/aromatic N) is 5. The van der Waals surface area contributed by atoms with Crippen LogP contribution in [0.3, 0.4) is 0 Å². The third kappa shape index (κ3) is 4.15. The fraction of sp³-hybridized carbons (Fsp3) is 0.450. The van der Waals surface area contributed by atoms with E-state index in [9.17, 15) is 12.8 Å². The van der Waals surface area contributed by atoms with Gasteiger partial charge in [0.2, 0.25) is 11.7 Å². The van der Waals surface area contributed by atoms with E-state index in [2.05, 4.69) is 15.1 Å². The Morgan fingerprint density at radius 2 is 2.10 bits per heavy atom. The van der Waals surface area contributed by atoms with Crippen molar-refractivity contribution in [3.63, 3.8) is 0 Å². The zero-order chi connectivity index (χ0) is 21.3. The Morgan fingerprint density at radius 1 is 1.30 bits per heavy atom. The molecule has 160 valence electrons. The van der Waals surface area contributed by atoms with E-state index < -0.39 is 15.8 Å². The average Bonchev–Trinajstić information content (AvgIpc) is 3.39. The van der Waals surface area contributed by atoms with E-state index in [1.54, 1.807) is 35.3 Å². The molecule has 1 aliphatic rings. The number of rotatable bonds is 6. The van der Waals surface area contributed by atoms with Gasteiger partial charge in [-0.15, -0.1) is 0 Å². The smallest absolute Gasteiger partial charge is 0.262 e. The molecule has 10 heteroatoms. The van der Waals surface area contributed by atoms with Crippen molar-refractivity contribution in [3.05, 3.63) is 48.5 Å². The summed E-state index contributed by atoms with van der Waals surface area (Å²) in [6.07, 6.45) is 5.14. The summed E-state index contributed by atoms with van der Waals surface area (Å²) in [4.78, 5) is 8.40. The molecular formula is C20H24FN5O3S. The van der Waals surface area contributed by atoms with Crippen molar-refractivity contribution in [2.24, 2.45) is 5.92 Å². The fourth-order valence-corrected chi connectivity index (χ4v) is 5.09. The highest BCUT2D eigenvalue weighted by Crippen LogP contribution is 2.26. The normalized spacial score (nSPS) is 18.2. The minimum Gasteiger partial charge on any atom is -0.339 e. The van der Waals surface area contributed by atoms with Gasteiger partial charge in [-0.05, 0) is 44.7 Å². The Kier molecular flexibility index (Phi) is 5.70. The zero-order valence-electron chi connectivity index (χ0n) is 16.9. The second kappa shape index (κ2) is 8.27. The molecule has 1 aliphatic heterocycles. The lowest BCUT2D eigenvalue weighted by molar-refractivity contribution is 0.246. The first kappa shape index (κ1) is 20.7. The van der Waals surface area contributed by atoms with Crippen LogP contribution >= 0.6 is 0 Å². The molecule has 4 rings (SSSR count). The molecule has 1 aromatic carbocycles. The Morgan fingerprint density at radius 3 is 2.83 bits per heavy atom. The quantitative estimate of drug-likeness (QED) is 0.592. The van der Waals surface area contributed by atoms with Crippen molar-refractivity contribution in [3.8, 4) is 11.4 Å². The topological polar surface area (TPSA) is 94.1 Å². The molecule has 0 amide bonds. The van der Waals surface area contributed by atoms with Gasteiger partial charge in [-0.25, -0.2) is 17.8 Å². The van der Waals surface area contributed by atoms with Gasteiger partial charge < -0.3 is 9.09 Å². The SMILES string of the molecule is CC(C)n1cnc(S(=O)(=O)N2CCCC(Cc3nc(-c4ccccc4F)no3)C2)c1. The second-order valence-electron chi connectivity index (χ2n) is 7.82. The van der Waals surface area contributed by atoms with E-state index >= 15 is 0 Å². The largest absolute Gasteiger partial charge is 0.339 e. The van der Waals surface area contributed by atoms with Crippen molar-refractivity contribution < 1.29 is 17.3 Å². The van der Waals surface area contributed by atoms with E-state index in [0.29, 0.717) is 25.4 Å². The van der Waals surface area contributed by atoms with Crippen LogP contribution < -0.4 is 0 Å². The Hall–Kier alpha value is -2.59. The molecule has 1 unspecified atom stereocenters. The van der Waals surface area contributed by atoms with Crippen LogP contribution in [-0.2, 0) is 16.4 Å². The predicted octanol–water partition coefficient (Wildman–Crippen LogP) is 3.30. The van der Waals surface area contributed by atoms with Crippen LogP contribution in [0.5, 0.6) is 0 Å². The number of hydrogen-bond donors (Lipinski definition) is 0. The van der Waals surface area contributed by atoms with Gasteiger partial charge in [-0.3, -0.25) is 0 Å². The number of hydrogen-bond acceptors (Lipinski definition) is 6. The van der Waals surface area contributed by atoms with Gasteiger partial charge in [-0.2, -0.15) is 9.29 Å². The first-order chi connectivity index (χ1) is 14.3. The van der Waals surface area contributed by atoms with Gasteiger partial charge in [0, 0.05) is 31.7 Å². The second-order valence-corrected chi connectivity index (χ2v) is 9.70. The lowest BCUT2D eigenvalue weighted by Crippen LogP contribution is -2.40. The summed E-state index contributed by atoms with van der Waals surface area (Å²) in [5.74, 6) is 0.194. The number of benzene rings is 1. The van der Waals surface area contributed by atoms with Crippen molar-refractivity contribution >= 4 is 10.0 Å². The van der Waals surface area contributed by atoms with Crippen molar-refractivity contribution in [2.75, 3.05) is 13.1 Å². The molecular weight excluding hydrogens is 409 g/mol. The highest BCUT2D eigenvalue weighted by atomic mass is 32.2. The zero-order valence-corrected chi connectivity index (χ0v) is 17.7. The summed E-state index contributed by atoms with van der Waals surface area (Å²) in [6.45, 7) is 4.75. The van der Waals surface area contributed by atoms with Crippen LogP contribution in [0, 0.1) is 11.7 Å². The van der Waals surface area contributed by atoms with E-state index in [4.69, 9.17) is 4.52 Å². The number of halogens is 1. The highest BCUT2D eigenvalue weighted by Gasteiger charge is 2.32. The molecule has 1 saturated heterocycles. The van der Waals surface area contributed by atoms with Crippen LogP contribution in [0.4, 0.5) is 4.39 Å². The minimum absolute atomic E-state index is 0.0367. The van der Waals surface area contributed by atoms with E-state index in [1.807, 2.05) is 13.8 Å². The van der Waals surface area contributed by atoms with E-state index in [-0.39, 0.29) is 28.4 Å². The molecule has 0 aliphatic carbocycles. The molecule has 8 nitrogen and oxygen atoms in total. The Labute approximate surface area is 174 Å². The lowest BCUT2D eigenvalue weighted by Gasteiger charge is -2.30. The summed E-state index contributed by atoms with van der Waals surface area (Å²) in [5, 5.41) is 3.94. The number of piperidine rings is 1. The minimum atomic E-state index is -3.66. The first-order valence-corrected chi connectivity index (χ1v) is 11.4.